The third-order valence-electron chi connectivity index (χ3n) is 15.0. The Kier molecular flexibility index (Phi) is 7.45. The maximum Gasteiger partial charge on any atom is 0.167 e. The highest BCUT2D eigenvalue weighted by Crippen LogP contribution is 2.63. The fourth-order valence-corrected chi connectivity index (χ4v) is 12.1. The van der Waals surface area contributed by atoms with Crippen molar-refractivity contribution in [3.05, 3.63) is 235 Å². The Morgan fingerprint density at radius 2 is 0.700 bits per heavy atom. The van der Waals surface area contributed by atoms with Gasteiger partial charge in [-0.15, -0.1) is 0 Å². The zero-order valence-corrected chi connectivity index (χ0v) is 37.3. The number of fused-ring (bicyclic) bond motifs is 19. The standard InChI is InChI=1S/C64H35N3O3/c1-6-23-49-38(14-1)39-15-2-7-24-50(39)64(49)51-25-8-3-16-40(51)41-32-30-37(35-52(41)64)36-31-33-55-48(34-36)59-46(21-13-29-57(59)69-55)62-65-61(45-20-12-28-56-58(45)44-18-5-10-27-54(44)68-56)66-63(67-62)47-22-11-19-43-42-17-4-9-26-53(42)70-60(43)47/h1-35H. The highest BCUT2D eigenvalue weighted by atomic mass is 16.3. The average molecular weight is 894 g/mol. The molecule has 0 unspecified atom stereocenters. The zero-order valence-electron chi connectivity index (χ0n) is 37.3. The molecule has 1 spiro atoms. The number of hydrogen-bond acceptors (Lipinski definition) is 6. The Balaban J connectivity index is 0.918. The van der Waals surface area contributed by atoms with Crippen LogP contribution in [0.25, 0.3) is 133 Å². The van der Waals surface area contributed by atoms with E-state index in [4.69, 9.17) is 28.2 Å². The zero-order chi connectivity index (χ0) is 45.7. The molecule has 4 heterocycles. The number of aromatic nitrogens is 3. The van der Waals surface area contributed by atoms with Gasteiger partial charge in [-0.05, 0) is 104 Å². The molecule has 0 aliphatic heterocycles. The summed E-state index contributed by atoms with van der Waals surface area (Å²) in [5.41, 5.74) is 19.3. The Bertz CT molecular complexity index is 4510. The van der Waals surface area contributed by atoms with Gasteiger partial charge >= 0.3 is 0 Å². The van der Waals surface area contributed by atoms with Crippen LogP contribution in [0, 0.1) is 0 Å². The van der Waals surface area contributed by atoms with E-state index in [1.54, 1.807) is 0 Å². The van der Waals surface area contributed by atoms with Crippen LogP contribution >= 0.6 is 0 Å². The fourth-order valence-electron chi connectivity index (χ4n) is 12.1. The molecule has 6 heteroatoms. The summed E-state index contributed by atoms with van der Waals surface area (Å²) >= 11 is 0. The third-order valence-corrected chi connectivity index (χ3v) is 15.0. The predicted octanol–water partition coefficient (Wildman–Crippen LogP) is 16.6. The van der Waals surface area contributed by atoms with E-state index >= 15 is 0 Å². The molecule has 2 aliphatic rings. The van der Waals surface area contributed by atoms with Crippen LogP contribution in [0.2, 0.25) is 0 Å². The lowest BCUT2D eigenvalue weighted by molar-refractivity contribution is 0.668. The Morgan fingerprint density at radius 3 is 1.36 bits per heavy atom. The van der Waals surface area contributed by atoms with Crippen LogP contribution in [0.1, 0.15) is 22.3 Å². The fraction of sp³-hybridized carbons (Fsp3) is 0.0156. The molecule has 0 saturated carbocycles. The summed E-state index contributed by atoms with van der Waals surface area (Å²) in [6.07, 6.45) is 0. The molecule has 0 saturated heterocycles. The first kappa shape index (κ1) is 37.7. The Morgan fingerprint density at radius 1 is 0.271 bits per heavy atom. The van der Waals surface area contributed by atoms with E-state index in [0.717, 1.165) is 93.6 Å². The van der Waals surface area contributed by atoms with E-state index < -0.39 is 5.41 Å². The van der Waals surface area contributed by atoms with Crippen molar-refractivity contribution in [1.29, 1.82) is 0 Å². The van der Waals surface area contributed by atoms with Gasteiger partial charge in [0.05, 0.1) is 11.0 Å². The molecule has 2 aliphatic carbocycles. The molecule has 0 N–H and O–H groups in total. The number of nitrogens with zero attached hydrogens (tertiary/aromatic N) is 3. The summed E-state index contributed by atoms with van der Waals surface area (Å²) < 4.78 is 19.7. The second kappa shape index (κ2) is 13.8. The monoisotopic (exact) mass is 893 g/mol. The average Bonchev–Trinajstić information content (AvgIpc) is 4.23. The van der Waals surface area contributed by atoms with Gasteiger partial charge in [0.15, 0.2) is 17.5 Å². The summed E-state index contributed by atoms with van der Waals surface area (Å²) in [4.78, 5) is 16.0. The predicted molar refractivity (Wildman–Crippen MR) is 280 cm³/mol. The molecule has 324 valence electrons. The number of benzene rings is 10. The van der Waals surface area contributed by atoms with Gasteiger partial charge in [0.25, 0.3) is 0 Å². The quantitative estimate of drug-likeness (QED) is 0.175. The Hall–Kier alpha value is -9.39. The van der Waals surface area contributed by atoms with Crippen molar-refractivity contribution in [2.24, 2.45) is 0 Å². The van der Waals surface area contributed by atoms with E-state index in [1.165, 1.54) is 44.5 Å². The second-order valence-corrected chi connectivity index (χ2v) is 18.5. The van der Waals surface area contributed by atoms with E-state index in [-0.39, 0.29) is 0 Å². The van der Waals surface area contributed by atoms with Gasteiger partial charge in [-0.1, -0.05) is 164 Å². The topological polar surface area (TPSA) is 78.1 Å². The van der Waals surface area contributed by atoms with Crippen molar-refractivity contribution < 1.29 is 13.3 Å². The van der Waals surface area contributed by atoms with Crippen LogP contribution in [0.3, 0.4) is 0 Å². The van der Waals surface area contributed by atoms with Crippen molar-refractivity contribution >= 4 is 65.8 Å². The van der Waals surface area contributed by atoms with Gasteiger partial charge in [0.1, 0.15) is 33.5 Å². The summed E-state index contributed by atoms with van der Waals surface area (Å²) in [6, 6.07) is 75.0. The molecule has 0 bridgehead atoms. The largest absolute Gasteiger partial charge is 0.456 e. The highest BCUT2D eigenvalue weighted by Gasteiger charge is 2.51. The molecule has 14 aromatic rings. The molecule has 70 heavy (non-hydrogen) atoms. The van der Waals surface area contributed by atoms with Crippen LogP contribution < -0.4 is 0 Å². The minimum Gasteiger partial charge on any atom is -0.456 e. The van der Waals surface area contributed by atoms with Crippen LogP contribution in [0.15, 0.2) is 226 Å². The molecule has 6 nitrogen and oxygen atoms in total. The summed E-state index contributed by atoms with van der Waals surface area (Å²) in [7, 11) is 0. The molecule has 0 amide bonds. The second-order valence-electron chi connectivity index (χ2n) is 18.5. The van der Waals surface area contributed by atoms with Crippen LogP contribution in [-0.2, 0) is 5.41 Å². The van der Waals surface area contributed by atoms with Gasteiger partial charge < -0.3 is 13.3 Å². The van der Waals surface area contributed by atoms with Gasteiger partial charge in [-0.25, -0.2) is 15.0 Å². The molecule has 16 rings (SSSR count). The van der Waals surface area contributed by atoms with Crippen molar-refractivity contribution in [2.45, 2.75) is 5.41 Å². The molecule has 0 radical (unpaired) electrons. The first-order valence-corrected chi connectivity index (χ1v) is 23.7. The first-order valence-electron chi connectivity index (χ1n) is 23.7. The van der Waals surface area contributed by atoms with Crippen molar-refractivity contribution in [3.63, 3.8) is 0 Å². The summed E-state index contributed by atoms with van der Waals surface area (Å²) in [5.74, 6) is 1.55. The van der Waals surface area contributed by atoms with Gasteiger partial charge in [-0.3, -0.25) is 0 Å². The van der Waals surface area contributed by atoms with Crippen molar-refractivity contribution in [1.82, 2.24) is 15.0 Å². The lowest BCUT2D eigenvalue weighted by Gasteiger charge is -2.30. The number of furan rings is 3. The van der Waals surface area contributed by atoms with E-state index in [0.29, 0.717) is 17.5 Å². The van der Waals surface area contributed by atoms with Crippen LogP contribution in [-0.4, -0.2) is 15.0 Å². The van der Waals surface area contributed by atoms with Gasteiger partial charge in [-0.2, -0.15) is 0 Å². The maximum atomic E-state index is 6.69. The minimum absolute atomic E-state index is 0.442. The molecule has 10 aromatic carbocycles. The molecular weight excluding hydrogens is 859 g/mol. The first-order chi connectivity index (χ1) is 34.7. The maximum absolute atomic E-state index is 6.69. The van der Waals surface area contributed by atoms with E-state index in [9.17, 15) is 0 Å². The lowest BCUT2D eigenvalue weighted by Crippen LogP contribution is -2.25. The number of rotatable bonds is 4. The number of hydrogen-bond donors (Lipinski definition) is 0. The SMILES string of the molecule is c1ccc2c(c1)-c1ccccc1C21c2ccccc2-c2ccc(-c3ccc4oc5cccc(-c6nc(-c7cccc8c7oc7ccccc78)nc(-c7cccc8oc9ccccc9c78)n6)c5c4c3)cc21. The molecule has 0 fully saturated rings. The molecular formula is C64H35N3O3. The third kappa shape index (κ3) is 4.98. The Labute approximate surface area is 399 Å². The highest BCUT2D eigenvalue weighted by molar-refractivity contribution is 6.15. The smallest absolute Gasteiger partial charge is 0.167 e. The summed E-state index contributed by atoms with van der Waals surface area (Å²) in [6.45, 7) is 0. The molecule has 4 aromatic heterocycles. The van der Waals surface area contributed by atoms with E-state index in [2.05, 4.69) is 140 Å². The number of para-hydroxylation sites is 3. The molecule has 0 atom stereocenters. The van der Waals surface area contributed by atoms with E-state index in [1.807, 2.05) is 72.8 Å². The van der Waals surface area contributed by atoms with Gasteiger partial charge in [0, 0.05) is 43.4 Å². The van der Waals surface area contributed by atoms with Crippen LogP contribution in [0.4, 0.5) is 0 Å². The normalized spacial score (nSPS) is 13.3. The van der Waals surface area contributed by atoms with Crippen molar-refractivity contribution in [2.75, 3.05) is 0 Å². The lowest BCUT2D eigenvalue weighted by atomic mass is 9.70. The van der Waals surface area contributed by atoms with Gasteiger partial charge in [0.2, 0.25) is 0 Å². The minimum atomic E-state index is -0.442. The van der Waals surface area contributed by atoms with Crippen molar-refractivity contribution in [3.8, 4) is 67.5 Å². The van der Waals surface area contributed by atoms with Crippen LogP contribution in [0.5, 0.6) is 0 Å². The summed E-state index contributed by atoms with van der Waals surface area (Å²) in [5, 5.41) is 5.88.